The molecule has 0 N–H and O–H groups in total. The van der Waals surface area contributed by atoms with Gasteiger partial charge in [0.2, 0.25) is 0 Å². The zero-order valence-corrected chi connectivity index (χ0v) is 17.3. The Morgan fingerprint density at radius 2 is 1.68 bits per heavy atom. The van der Waals surface area contributed by atoms with Crippen molar-refractivity contribution in [3.63, 3.8) is 0 Å². The molecule has 0 spiro atoms. The Balaban J connectivity index is 1.97. The number of aromatic nitrogens is 3. The quantitative estimate of drug-likeness (QED) is 0.488. The monoisotopic (exact) mass is 437 g/mol. The highest BCUT2D eigenvalue weighted by Crippen LogP contribution is 2.30. The van der Waals surface area contributed by atoms with Crippen molar-refractivity contribution in [2.75, 3.05) is 0 Å². The molecule has 28 heavy (non-hydrogen) atoms. The summed E-state index contributed by atoms with van der Waals surface area (Å²) in [5.74, 6) is 0. The third-order valence-corrected chi connectivity index (χ3v) is 5.59. The lowest BCUT2D eigenvalue weighted by Crippen LogP contribution is -2.36. The maximum absolute atomic E-state index is 13.0. The van der Waals surface area contributed by atoms with Crippen LogP contribution >= 0.6 is 15.9 Å². The lowest BCUT2D eigenvalue weighted by molar-refractivity contribution is 0.704. The molecule has 0 radical (unpaired) electrons. The van der Waals surface area contributed by atoms with Crippen LogP contribution in [0.15, 0.2) is 74.9 Å². The van der Waals surface area contributed by atoms with Crippen molar-refractivity contribution in [1.82, 2.24) is 13.7 Å². The van der Waals surface area contributed by atoms with E-state index in [9.17, 15) is 9.59 Å². The van der Waals surface area contributed by atoms with Crippen molar-refractivity contribution >= 4 is 26.8 Å². The minimum Gasteiger partial charge on any atom is -0.344 e. The van der Waals surface area contributed by atoms with Gasteiger partial charge < -0.3 is 4.57 Å². The molecule has 0 atom stereocenters. The van der Waals surface area contributed by atoms with Gasteiger partial charge in [-0.1, -0.05) is 58.4 Å². The lowest BCUT2D eigenvalue weighted by atomic mass is 10.1. The molecular formula is C22H20BrN3O2. The number of nitrogens with zero attached hydrogens (tertiary/aromatic N) is 3. The molecule has 0 unspecified atom stereocenters. The number of aryl methyl sites for hydroxylation is 3. The fourth-order valence-corrected chi connectivity index (χ4v) is 4.01. The van der Waals surface area contributed by atoms with Crippen molar-refractivity contribution < 1.29 is 0 Å². The average molecular weight is 438 g/mol. The second-order valence-electron chi connectivity index (χ2n) is 6.88. The van der Waals surface area contributed by atoms with E-state index in [2.05, 4.69) is 32.6 Å². The Hall–Kier alpha value is -2.86. The molecule has 0 saturated carbocycles. The Morgan fingerprint density at radius 1 is 0.929 bits per heavy atom. The SMILES string of the molecule is Cn1c(=O)c2c(-c3cccc(Br)c3)n(CCc3ccccc3)cc2n(C)c1=O. The third-order valence-electron chi connectivity index (χ3n) is 5.09. The van der Waals surface area contributed by atoms with Crippen molar-refractivity contribution in [1.29, 1.82) is 0 Å². The van der Waals surface area contributed by atoms with E-state index < -0.39 is 0 Å². The molecule has 142 valence electrons. The molecule has 0 aliphatic carbocycles. The highest BCUT2D eigenvalue weighted by atomic mass is 79.9. The molecular weight excluding hydrogens is 418 g/mol. The summed E-state index contributed by atoms with van der Waals surface area (Å²) in [5.41, 5.74) is 3.06. The number of halogens is 1. The van der Waals surface area contributed by atoms with Gasteiger partial charge in [0.15, 0.2) is 0 Å². The van der Waals surface area contributed by atoms with Crippen molar-refractivity contribution in [3.8, 4) is 11.3 Å². The molecule has 0 bridgehead atoms. The van der Waals surface area contributed by atoms with E-state index in [1.165, 1.54) is 21.7 Å². The Kier molecular flexibility index (Phi) is 4.81. The van der Waals surface area contributed by atoms with Gasteiger partial charge in [-0.05, 0) is 24.1 Å². The normalized spacial score (nSPS) is 11.2. The van der Waals surface area contributed by atoms with E-state index in [4.69, 9.17) is 0 Å². The predicted octanol–water partition coefficient (Wildman–Crippen LogP) is 3.71. The number of fused-ring (bicyclic) bond motifs is 1. The first-order valence-corrected chi connectivity index (χ1v) is 9.85. The van der Waals surface area contributed by atoms with Crippen LogP contribution in [0.1, 0.15) is 5.56 Å². The summed E-state index contributed by atoms with van der Waals surface area (Å²) in [4.78, 5) is 25.4. The van der Waals surface area contributed by atoms with Gasteiger partial charge >= 0.3 is 5.69 Å². The summed E-state index contributed by atoms with van der Waals surface area (Å²) >= 11 is 3.52. The Morgan fingerprint density at radius 3 is 2.39 bits per heavy atom. The fraction of sp³-hybridized carbons (Fsp3) is 0.182. The van der Waals surface area contributed by atoms with Crippen LogP contribution in [-0.4, -0.2) is 13.7 Å². The summed E-state index contributed by atoms with van der Waals surface area (Å²) in [6, 6.07) is 18.1. The maximum atomic E-state index is 13.0. The van der Waals surface area contributed by atoms with Crippen LogP contribution in [0.3, 0.4) is 0 Å². The molecule has 0 aliphatic rings. The van der Waals surface area contributed by atoms with Gasteiger partial charge in [-0.3, -0.25) is 13.9 Å². The Labute approximate surface area is 170 Å². The van der Waals surface area contributed by atoms with Crippen LogP contribution in [-0.2, 0) is 27.1 Å². The van der Waals surface area contributed by atoms with Gasteiger partial charge in [-0.15, -0.1) is 0 Å². The minimum atomic E-state index is -0.321. The second kappa shape index (κ2) is 7.28. The number of hydrogen-bond donors (Lipinski definition) is 0. The van der Waals surface area contributed by atoms with Gasteiger partial charge in [-0.2, -0.15) is 0 Å². The van der Waals surface area contributed by atoms with Gasteiger partial charge in [0.25, 0.3) is 5.56 Å². The number of hydrogen-bond acceptors (Lipinski definition) is 2. The van der Waals surface area contributed by atoms with E-state index in [1.54, 1.807) is 7.05 Å². The highest BCUT2D eigenvalue weighted by molar-refractivity contribution is 9.10. The molecule has 0 fully saturated rings. The summed E-state index contributed by atoms with van der Waals surface area (Å²) in [6.07, 6.45) is 2.74. The first kappa shape index (κ1) is 18.5. The smallest absolute Gasteiger partial charge is 0.330 e. The number of rotatable bonds is 4. The first-order valence-electron chi connectivity index (χ1n) is 9.06. The standard InChI is InChI=1S/C22H20BrN3O2/c1-24-18-14-26(12-11-15-7-4-3-5-8-15)20(16-9-6-10-17(23)13-16)19(18)21(27)25(2)22(24)28/h3-10,13-14H,11-12H2,1-2H3. The first-order chi connectivity index (χ1) is 13.5. The number of benzene rings is 2. The molecule has 0 aliphatic heterocycles. The summed E-state index contributed by atoms with van der Waals surface area (Å²) < 4.78 is 5.73. The molecule has 2 aromatic heterocycles. The van der Waals surface area contributed by atoms with Crippen LogP contribution in [0, 0.1) is 0 Å². The second-order valence-corrected chi connectivity index (χ2v) is 7.80. The molecule has 2 aromatic carbocycles. The molecule has 2 heterocycles. The highest BCUT2D eigenvalue weighted by Gasteiger charge is 2.19. The van der Waals surface area contributed by atoms with Crippen molar-refractivity contribution in [2.24, 2.45) is 14.1 Å². The zero-order valence-electron chi connectivity index (χ0n) is 15.7. The van der Waals surface area contributed by atoms with Crippen LogP contribution in [0.2, 0.25) is 0 Å². The average Bonchev–Trinajstić information content (AvgIpc) is 3.09. The van der Waals surface area contributed by atoms with Gasteiger partial charge in [0, 0.05) is 36.9 Å². The summed E-state index contributed by atoms with van der Waals surface area (Å²) in [5, 5.41) is 0.566. The fourth-order valence-electron chi connectivity index (χ4n) is 3.61. The zero-order chi connectivity index (χ0) is 19.8. The lowest BCUT2D eigenvalue weighted by Gasteiger charge is -2.10. The van der Waals surface area contributed by atoms with E-state index >= 15 is 0 Å². The Bertz CT molecular complexity index is 1280. The molecule has 6 heteroatoms. The molecule has 5 nitrogen and oxygen atoms in total. The van der Waals surface area contributed by atoms with Gasteiger partial charge in [0.05, 0.1) is 16.6 Å². The van der Waals surface area contributed by atoms with E-state index in [-0.39, 0.29) is 11.2 Å². The summed E-state index contributed by atoms with van der Waals surface area (Å²) in [7, 11) is 3.23. The summed E-state index contributed by atoms with van der Waals surface area (Å²) in [6.45, 7) is 0.706. The minimum absolute atomic E-state index is 0.272. The van der Waals surface area contributed by atoms with E-state index in [0.29, 0.717) is 17.4 Å². The van der Waals surface area contributed by atoms with Gasteiger partial charge in [0.1, 0.15) is 0 Å². The molecule has 4 rings (SSSR count). The molecule has 0 amide bonds. The largest absolute Gasteiger partial charge is 0.344 e. The van der Waals surface area contributed by atoms with Crippen LogP contribution in [0.4, 0.5) is 0 Å². The predicted molar refractivity (Wildman–Crippen MR) is 116 cm³/mol. The molecule has 0 saturated heterocycles. The maximum Gasteiger partial charge on any atom is 0.330 e. The van der Waals surface area contributed by atoms with Crippen LogP contribution in [0.25, 0.3) is 22.2 Å². The molecule has 4 aromatic rings. The van der Waals surface area contributed by atoms with E-state index in [1.807, 2.05) is 48.7 Å². The van der Waals surface area contributed by atoms with Gasteiger partial charge in [-0.25, -0.2) is 4.79 Å². The van der Waals surface area contributed by atoms with E-state index in [0.717, 1.165) is 22.2 Å². The topological polar surface area (TPSA) is 48.9 Å². The van der Waals surface area contributed by atoms with Crippen molar-refractivity contribution in [2.45, 2.75) is 13.0 Å². The van der Waals surface area contributed by atoms with Crippen LogP contribution < -0.4 is 11.2 Å². The van der Waals surface area contributed by atoms with Crippen molar-refractivity contribution in [3.05, 3.63) is 91.7 Å². The third kappa shape index (κ3) is 3.14. The van der Waals surface area contributed by atoms with Crippen LogP contribution in [0.5, 0.6) is 0 Å².